The number of aliphatic imine (C=N–C) groups is 1. The number of carboxylic acids is 2. The van der Waals surface area contributed by atoms with Crippen molar-refractivity contribution in [1.29, 1.82) is 0 Å². The molecule has 0 aromatic carbocycles. The molecule has 2 aliphatic heterocycles. The van der Waals surface area contributed by atoms with Crippen LogP contribution in [0.2, 0.25) is 0 Å². The van der Waals surface area contributed by atoms with Crippen molar-refractivity contribution in [1.82, 2.24) is 5.01 Å². The lowest BCUT2D eigenvalue weighted by molar-refractivity contribution is -0.135. The van der Waals surface area contributed by atoms with E-state index in [1.807, 2.05) is 0 Å². The zero-order valence-corrected chi connectivity index (χ0v) is 17.2. The van der Waals surface area contributed by atoms with E-state index in [2.05, 4.69) is 16.7 Å². The van der Waals surface area contributed by atoms with Crippen LogP contribution in [-0.4, -0.2) is 71.0 Å². The third-order valence-corrected chi connectivity index (χ3v) is 3.17. The number of rotatable bonds is 5. The Kier molecular flexibility index (Phi) is 12.9. The Balaban J connectivity index is 0.000000901. The summed E-state index contributed by atoms with van der Waals surface area (Å²) in [5.74, 6) is -1.32. The number of aliphatic carboxylic acids is 2. The number of hydrazone groups is 1. The predicted octanol–water partition coefficient (Wildman–Crippen LogP) is 1.53. The van der Waals surface area contributed by atoms with Gasteiger partial charge in [0.2, 0.25) is 0 Å². The van der Waals surface area contributed by atoms with E-state index in [0.29, 0.717) is 11.5 Å². The molecular weight excluding hydrogens is 400 g/mol. The highest BCUT2D eigenvalue weighted by molar-refractivity contribution is 6.01. The number of nitrogens with two attached hydrogens (primary N) is 1. The minimum atomic E-state index is -0.833. The van der Waals surface area contributed by atoms with Crippen molar-refractivity contribution in [3.05, 3.63) is 24.4 Å². The van der Waals surface area contributed by atoms with Crippen LogP contribution in [0.25, 0.3) is 0 Å². The van der Waals surface area contributed by atoms with Gasteiger partial charge in [0.25, 0.3) is 11.9 Å². The van der Waals surface area contributed by atoms with Gasteiger partial charge in [-0.2, -0.15) is 5.10 Å². The fourth-order valence-corrected chi connectivity index (χ4v) is 2.20. The van der Waals surface area contributed by atoms with Gasteiger partial charge in [-0.15, -0.1) is 0 Å². The van der Waals surface area contributed by atoms with Crippen molar-refractivity contribution in [3.8, 4) is 0 Å². The van der Waals surface area contributed by atoms with E-state index in [9.17, 15) is 4.79 Å². The zero-order valence-electron chi connectivity index (χ0n) is 17.2. The standard InChI is InChI=1S/C14H20N4O4.2C2H4O2/c1-3-5-11-13(15)16-9-17-18(11)12-7-6-10(22-12)8-21-14(19)20-4-2;2*1-2(3)4/h3,5,9-10,12H,1,4,6-8H2,2H3,(H2,15,16,17);2*1H3,(H,3,4)/b11-5-;;/t10?,12-;;/m1../s1. The van der Waals surface area contributed by atoms with E-state index in [0.717, 1.165) is 26.7 Å². The SMILES string of the molecule is C=C/C=C1/C(N)=NC=NN1[C@H]1CCC(COC(=O)OCC)O1.CC(=O)O.CC(=O)O. The smallest absolute Gasteiger partial charge is 0.481 e. The molecule has 168 valence electrons. The Labute approximate surface area is 174 Å². The van der Waals surface area contributed by atoms with Crippen LogP contribution in [0.15, 0.2) is 34.5 Å². The van der Waals surface area contributed by atoms with Gasteiger partial charge in [0, 0.05) is 13.8 Å². The van der Waals surface area contributed by atoms with Crippen LogP contribution < -0.4 is 5.73 Å². The molecule has 2 rings (SSSR count). The lowest BCUT2D eigenvalue weighted by Gasteiger charge is -2.29. The summed E-state index contributed by atoms with van der Waals surface area (Å²) < 4.78 is 15.5. The number of amidine groups is 1. The maximum atomic E-state index is 11.2. The van der Waals surface area contributed by atoms with Crippen LogP contribution in [0.4, 0.5) is 4.79 Å². The lowest BCUT2D eigenvalue weighted by Crippen LogP contribution is -2.38. The molecule has 30 heavy (non-hydrogen) atoms. The average Bonchev–Trinajstić information content (AvgIpc) is 3.10. The molecule has 2 aliphatic rings. The third kappa shape index (κ3) is 11.4. The Morgan fingerprint density at radius 1 is 1.30 bits per heavy atom. The molecule has 2 heterocycles. The molecule has 0 aromatic heterocycles. The highest BCUT2D eigenvalue weighted by atomic mass is 16.7. The van der Waals surface area contributed by atoms with Crippen molar-refractivity contribution >= 4 is 30.3 Å². The molecule has 0 radical (unpaired) electrons. The summed E-state index contributed by atoms with van der Waals surface area (Å²) in [5.41, 5.74) is 6.48. The van der Waals surface area contributed by atoms with Crippen LogP contribution in [0.1, 0.15) is 33.6 Å². The molecule has 0 aromatic rings. The first-order valence-electron chi connectivity index (χ1n) is 8.94. The summed E-state index contributed by atoms with van der Waals surface area (Å²) in [4.78, 5) is 33.1. The first-order valence-corrected chi connectivity index (χ1v) is 8.94. The molecular formula is C18H28N4O8. The number of hydrogen-bond donors (Lipinski definition) is 3. The number of allylic oxidation sites excluding steroid dienone is 2. The number of carboxylic acid groups (broad SMARTS) is 2. The molecule has 12 heteroatoms. The van der Waals surface area contributed by atoms with E-state index in [-0.39, 0.29) is 25.5 Å². The van der Waals surface area contributed by atoms with Crippen molar-refractivity contribution in [2.45, 2.75) is 45.9 Å². The quantitative estimate of drug-likeness (QED) is 0.545. The van der Waals surface area contributed by atoms with Gasteiger partial charge in [0.1, 0.15) is 18.6 Å². The first kappa shape index (κ1) is 26.6. The van der Waals surface area contributed by atoms with Crippen LogP contribution in [0.5, 0.6) is 0 Å². The van der Waals surface area contributed by atoms with Gasteiger partial charge in [-0.05, 0) is 25.8 Å². The van der Waals surface area contributed by atoms with Crippen molar-refractivity contribution in [2.24, 2.45) is 15.8 Å². The van der Waals surface area contributed by atoms with Gasteiger partial charge in [-0.25, -0.2) is 14.8 Å². The molecule has 0 aliphatic carbocycles. The van der Waals surface area contributed by atoms with E-state index in [4.69, 9.17) is 39.7 Å². The van der Waals surface area contributed by atoms with Crippen LogP contribution in [-0.2, 0) is 23.8 Å². The first-order chi connectivity index (χ1) is 14.1. The van der Waals surface area contributed by atoms with E-state index in [1.54, 1.807) is 24.1 Å². The molecule has 1 fully saturated rings. The molecule has 1 saturated heterocycles. The van der Waals surface area contributed by atoms with Crippen molar-refractivity contribution < 1.29 is 38.8 Å². The highest BCUT2D eigenvalue weighted by Crippen LogP contribution is 2.27. The number of carbonyl (C=O) groups excluding carboxylic acids is 1. The minimum absolute atomic E-state index is 0.150. The van der Waals surface area contributed by atoms with E-state index < -0.39 is 18.1 Å². The third-order valence-electron chi connectivity index (χ3n) is 3.17. The number of carbonyl (C=O) groups is 3. The van der Waals surface area contributed by atoms with Gasteiger partial charge in [0.15, 0.2) is 12.1 Å². The van der Waals surface area contributed by atoms with Gasteiger partial charge < -0.3 is 30.2 Å². The number of nitrogens with zero attached hydrogens (tertiary/aromatic N) is 3. The Bertz CT molecular complexity index is 670. The van der Waals surface area contributed by atoms with Gasteiger partial charge in [-0.1, -0.05) is 12.7 Å². The van der Waals surface area contributed by atoms with Crippen LogP contribution >= 0.6 is 0 Å². The second-order valence-electron chi connectivity index (χ2n) is 5.70. The summed E-state index contributed by atoms with van der Waals surface area (Å²) in [6.45, 7) is 7.97. The molecule has 0 saturated carbocycles. The maximum absolute atomic E-state index is 11.2. The molecule has 0 bridgehead atoms. The Morgan fingerprint density at radius 2 is 1.90 bits per heavy atom. The average molecular weight is 428 g/mol. The lowest BCUT2D eigenvalue weighted by atomic mass is 10.2. The highest BCUT2D eigenvalue weighted by Gasteiger charge is 2.33. The molecule has 0 spiro atoms. The second-order valence-corrected chi connectivity index (χ2v) is 5.70. The van der Waals surface area contributed by atoms with E-state index in [1.165, 1.54) is 6.34 Å². The fourth-order valence-electron chi connectivity index (χ4n) is 2.20. The molecule has 0 amide bonds. The van der Waals surface area contributed by atoms with Gasteiger partial charge in [0.05, 0.1) is 12.7 Å². The topological polar surface area (TPSA) is 173 Å². The summed E-state index contributed by atoms with van der Waals surface area (Å²) in [6, 6.07) is 0. The summed E-state index contributed by atoms with van der Waals surface area (Å²) in [5, 5.41) is 20.7. The van der Waals surface area contributed by atoms with Crippen LogP contribution in [0.3, 0.4) is 0 Å². The zero-order chi connectivity index (χ0) is 23.1. The summed E-state index contributed by atoms with van der Waals surface area (Å²) in [6.07, 6.45) is 5.02. The predicted molar refractivity (Wildman–Crippen MR) is 108 cm³/mol. The minimum Gasteiger partial charge on any atom is -0.481 e. The Morgan fingerprint density at radius 3 is 2.43 bits per heavy atom. The van der Waals surface area contributed by atoms with Gasteiger partial charge >= 0.3 is 6.16 Å². The Hall–Kier alpha value is -3.41. The fraction of sp³-hybridized carbons (Fsp3) is 0.500. The molecule has 2 atom stereocenters. The summed E-state index contributed by atoms with van der Waals surface area (Å²) >= 11 is 0. The van der Waals surface area contributed by atoms with Crippen molar-refractivity contribution in [2.75, 3.05) is 13.2 Å². The van der Waals surface area contributed by atoms with Crippen LogP contribution in [0, 0.1) is 0 Å². The number of hydrogen-bond acceptors (Lipinski definition) is 10. The maximum Gasteiger partial charge on any atom is 0.508 e. The molecule has 1 unspecified atom stereocenters. The van der Waals surface area contributed by atoms with Crippen molar-refractivity contribution in [3.63, 3.8) is 0 Å². The largest absolute Gasteiger partial charge is 0.508 e. The monoisotopic (exact) mass is 428 g/mol. The molecule has 12 nitrogen and oxygen atoms in total. The molecule has 4 N–H and O–H groups in total. The number of ether oxygens (including phenoxy) is 3. The summed E-state index contributed by atoms with van der Waals surface area (Å²) in [7, 11) is 0. The second kappa shape index (κ2) is 14.6. The van der Waals surface area contributed by atoms with Gasteiger partial charge in [-0.3, -0.25) is 9.59 Å². The van der Waals surface area contributed by atoms with E-state index >= 15 is 0 Å². The normalized spacial score (nSPS) is 20.7.